The lowest BCUT2D eigenvalue weighted by Crippen LogP contribution is -2.20. The first kappa shape index (κ1) is 32.8. The van der Waals surface area contributed by atoms with Crippen molar-refractivity contribution in [2.45, 2.75) is 14.7 Å². The molecule has 21 heteroatoms. The number of carbonyl (C=O) groups excluding carboxylic acids is 1. The Morgan fingerprint density at radius 1 is 0.636 bits per heavy atom. The van der Waals surface area contributed by atoms with Gasteiger partial charge >= 0.3 is 13.6 Å². The fourth-order valence-corrected chi connectivity index (χ4v) is 6.41. The van der Waals surface area contributed by atoms with Gasteiger partial charge in [-0.1, -0.05) is 6.07 Å². The molecule has 0 fully saturated rings. The topological polar surface area (TPSA) is 286 Å². The largest absolute Gasteiger partial charge is 0.356 e. The van der Waals surface area contributed by atoms with Gasteiger partial charge in [0.15, 0.2) is 0 Å². The summed E-state index contributed by atoms with van der Waals surface area (Å²) in [5.74, 6) is 0. The number of azo groups is 1. The highest BCUT2D eigenvalue weighted by molar-refractivity contribution is 7.87. The van der Waals surface area contributed by atoms with E-state index in [2.05, 4.69) is 20.9 Å². The molecular weight excluding hydrogens is 667 g/mol. The molecular formula is C23H19N4O13PS3. The van der Waals surface area contributed by atoms with Gasteiger partial charge in [0.05, 0.1) is 21.6 Å². The number of benzene rings is 4. The second kappa shape index (κ2) is 11.8. The van der Waals surface area contributed by atoms with Gasteiger partial charge in [0.2, 0.25) is 0 Å². The van der Waals surface area contributed by atoms with E-state index in [1.165, 1.54) is 42.5 Å². The third-order valence-electron chi connectivity index (χ3n) is 5.65. The quantitative estimate of drug-likeness (QED) is 0.0795. The molecule has 0 saturated heterocycles. The van der Waals surface area contributed by atoms with E-state index in [1.54, 1.807) is 0 Å². The van der Waals surface area contributed by atoms with Crippen LogP contribution in [0, 0.1) is 0 Å². The molecule has 0 aliphatic carbocycles. The summed E-state index contributed by atoms with van der Waals surface area (Å²) in [5.41, 5.74) is 0.142. The van der Waals surface area contributed by atoms with Crippen molar-refractivity contribution in [2.24, 2.45) is 10.2 Å². The number of fused-ring (bicyclic) bond motifs is 1. The lowest BCUT2D eigenvalue weighted by atomic mass is 10.1. The van der Waals surface area contributed by atoms with Crippen LogP contribution in [0.1, 0.15) is 0 Å². The number of hydrogen-bond acceptors (Lipinski definition) is 10. The summed E-state index contributed by atoms with van der Waals surface area (Å²) in [6.45, 7) is 0. The molecule has 0 aliphatic heterocycles. The third kappa shape index (κ3) is 7.88. The maximum absolute atomic E-state index is 12.3. The van der Waals surface area contributed by atoms with Gasteiger partial charge in [-0.2, -0.15) is 35.5 Å². The van der Waals surface area contributed by atoms with Gasteiger partial charge in [-0.15, -0.1) is 0 Å². The first-order chi connectivity index (χ1) is 20.2. The molecule has 0 unspecified atom stereocenters. The van der Waals surface area contributed by atoms with Crippen LogP contribution in [0.25, 0.3) is 10.8 Å². The van der Waals surface area contributed by atoms with E-state index >= 15 is 0 Å². The van der Waals surface area contributed by atoms with Crippen LogP contribution in [0.2, 0.25) is 0 Å². The zero-order valence-electron chi connectivity index (χ0n) is 21.5. The average Bonchev–Trinajstić information content (AvgIpc) is 2.89. The van der Waals surface area contributed by atoms with Crippen molar-refractivity contribution in [2.75, 3.05) is 10.6 Å². The molecule has 17 nitrogen and oxygen atoms in total. The highest BCUT2D eigenvalue weighted by atomic mass is 32.2. The van der Waals surface area contributed by atoms with Gasteiger partial charge in [0.25, 0.3) is 30.4 Å². The van der Waals surface area contributed by atoms with E-state index in [9.17, 15) is 58.1 Å². The number of anilines is 2. The van der Waals surface area contributed by atoms with Crippen LogP contribution in [0.4, 0.5) is 27.5 Å². The summed E-state index contributed by atoms with van der Waals surface area (Å²) in [6, 6.07) is 12.5. The Hall–Kier alpha value is -4.11. The second-order valence-electron chi connectivity index (χ2n) is 8.81. The fourth-order valence-electron chi connectivity index (χ4n) is 3.77. The number of amides is 2. The zero-order chi connectivity index (χ0) is 32.7. The van der Waals surface area contributed by atoms with E-state index in [1.807, 2.05) is 0 Å². The van der Waals surface area contributed by atoms with Crippen molar-refractivity contribution >= 4 is 82.8 Å². The summed E-state index contributed by atoms with van der Waals surface area (Å²) < 4.78 is 112. The van der Waals surface area contributed by atoms with E-state index in [-0.39, 0.29) is 28.1 Å². The summed E-state index contributed by atoms with van der Waals surface area (Å²) in [7, 11) is -20.0. The van der Waals surface area contributed by atoms with Crippen LogP contribution in [0.15, 0.2) is 97.7 Å². The molecule has 0 spiro atoms. The monoisotopic (exact) mass is 686 g/mol. The van der Waals surface area contributed by atoms with Gasteiger partial charge in [-0.3, -0.25) is 18.2 Å². The highest BCUT2D eigenvalue weighted by Gasteiger charge is 2.25. The van der Waals surface area contributed by atoms with Crippen LogP contribution in [-0.4, -0.2) is 54.7 Å². The Morgan fingerprint density at radius 2 is 1.18 bits per heavy atom. The first-order valence-corrected chi connectivity index (χ1v) is 17.5. The number of carbonyl (C=O) groups is 1. The van der Waals surface area contributed by atoms with Crippen molar-refractivity contribution < 1.29 is 58.1 Å². The Balaban J connectivity index is 1.63. The lowest BCUT2D eigenvalue weighted by Gasteiger charge is -2.11. The van der Waals surface area contributed by atoms with E-state index in [0.29, 0.717) is 12.1 Å². The maximum Gasteiger partial charge on any atom is 0.356 e. The molecule has 0 saturated carbocycles. The molecule has 0 bridgehead atoms. The lowest BCUT2D eigenvalue weighted by molar-refractivity contribution is 0.262. The minimum absolute atomic E-state index is 0.111. The normalized spacial score (nSPS) is 12.8. The van der Waals surface area contributed by atoms with Crippen molar-refractivity contribution in [1.82, 2.24) is 0 Å². The minimum atomic E-state index is -5.20. The molecule has 0 aromatic heterocycles. The second-order valence-corrected chi connectivity index (χ2v) is 14.6. The van der Waals surface area contributed by atoms with E-state index < -0.39 is 69.4 Å². The molecule has 2 amide bonds. The smallest absolute Gasteiger partial charge is 0.321 e. The van der Waals surface area contributed by atoms with Gasteiger partial charge < -0.3 is 20.4 Å². The number of rotatable bonds is 8. The summed E-state index contributed by atoms with van der Waals surface area (Å²) in [4.78, 5) is 27.6. The maximum atomic E-state index is 12.3. The predicted molar refractivity (Wildman–Crippen MR) is 155 cm³/mol. The van der Waals surface area contributed by atoms with Crippen LogP contribution in [-0.2, 0) is 34.9 Å². The van der Waals surface area contributed by atoms with Crippen molar-refractivity contribution in [3.63, 3.8) is 0 Å². The number of nitrogens with zero attached hydrogens (tertiary/aromatic N) is 2. The predicted octanol–water partition coefficient (Wildman–Crippen LogP) is 3.44. The number of urea groups is 1. The summed E-state index contributed by atoms with van der Waals surface area (Å²) in [5, 5.41) is 11.0. The minimum Gasteiger partial charge on any atom is -0.321 e. The Labute approximate surface area is 248 Å². The molecule has 0 aliphatic rings. The van der Waals surface area contributed by atoms with Gasteiger partial charge in [-0.05, 0) is 66.7 Å². The molecule has 4 aromatic carbocycles. The highest BCUT2D eigenvalue weighted by Crippen LogP contribution is 2.36. The van der Waals surface area contributed by atoms with E-state index in [4.69, 9.17) is 0 Å². The SMILES string of the molecule is O=C(Nc1ccc(/N=N/c2cc(S(=O)(=O)O)c3cc(S(=O)(=O)O)cc(S(=O)(=O)O)c3c2)cc1)Nc1cccc(P(=O)(O)O)c1. The van der Waals surface area contributed by atoms with Crippen LogP contribution >= 0.6 is 7.60 Å². The first-order valence-electron chi connectivity index (χ1n) is 11.5. The zero-order valence-corrected chi connectivity index (χ0v) is 24.8. The number of nitrogens with one attached hydrogen (secondary N) is 2. The molecule has 4 rings (SSSR count). The van der Waals surface area contributed by atoms with E-state index in [0.717, 1.165) is 18.2 Å². The average molecular weight is 687 g/mol. The van der Waals surface area contributed by atoms with Crippen LogP contribution in [0.5, 0.6) is 0 Å². The van der Waals surface area contributed by atoms with Gasteiger partial charge in [-0.25, -0.2) is 4.79 Å². The Kier molecular flexibility index (Phi) is 8.77. The van der Waals surface area contributed by atoms with Crippen molar-refractivity contribution in [1.29, 1.82) is 0 Å². The fraction of sp³-hybridized carbons (Fsp3) is 0. The standard InChI is InChI=1S/C23H19N4O13PS3/c28-23(25-15-2-1-3-17(8-15)41(29,30)31)24-13-4-6-14(7-5-13)26-27-16-9-19-20(21(10-16)43(35,36)37)11-18(42(32,33)34)12-22(19)44(38,39)40/h1-12H,(H2,24,25,28)(H2,29,30,31)(H,32,33,34)(H,35,36,37)(H,38,39,40)/b27-26+. The van der Waals surface area contributed by atoms with Crippen molar-refractivity contribution in [3.8, 4) is 0 Å². The van der Waals surface area contributed by atoms with Crippen LogP contribution in [0.3, 0.4) is 0 Å². The molecule has 232 valence electrons. The van der Waals surface area contributed by atoms with Crippen LogP contribution < -0.4 is 15.9 Å². The molecule has 44 heavy (non-hydrogen) atoms. The molecule has 7 N–H and O–H groups in total. The third-order valence-corrected chi connectivity index (χ3v) is 9.22. The number of hydrogen-bond donors (Lipinski definition) is 7. The van der Waals surface area contributed by atoms with Gasteiger partial charge in [0, 0.05) is 22.1 Å². The molecule has 0 heterocycles. The Bertz CT molecular complexity index is 2220. The molecule has 0 radical (unpaired) electrons. The Morgan fingerprint density at radius 3 is 1.75 bits per heavy atom. The summed E-state index contributed by atoms with van der Waals surface area (Å²) in [6.07, 6.45) is 0. The molecule has 0 atom stereocenters. The van der Waals surface area contributed by atoms with Gasteiger partial charge in [0.1, 0.15) is 9.79 Å². The molecule has 4 aromatic rings. The van der Waals surface area contributed by atoms with Crippen molar-refractivity contribution in [3.05, 3.63) is 72.8 Å². The summed E-state index contributed by atoms with van der Waals surface area (Å²) >= 11 is 0.